The molecule has 0 radical (unpaired) electrons. The SMILES string of the molecule is CCCOC1CCCN(C(N)=Nc2ccccc2)C1. The van der Waals surface area contributed by atoms with Gasteiger partial charge in [0.2, 0.25) is 0 Å². The predicted molar refractivity (Wildman–Crippen MR) is 78.6 cm³/mol. The molecule has 1 heterocycles. The van der Waals surface area contributed by atoms with Gasteiger partial charge in [0.15, 0.2) is 5.96 Å². The molecule has 1 unspecified atom stereocenters. The summed E-state index contributed by atoms with van der Waals surface area (Å²) >= 11 is 0. The zero-order valence-electron chi connectivity index (χ0n) is 11.6. The number of aliphatic imine (C=N–C) groups is 1. The molecule has 1 aliphatic heterocycles. The molecule has 19 heavy (non-hydrogen) atoms. The van der Waals surface area contributed by atoms with Crippen molar-refractivity contribution in [1.82, 2.24) is 4.90 Å². The average Bonchev–Trinajstić information content (AvgIpc) is 2.46. The number of benzene rings is 1. The third-order valence-corrected chi connectivity index (χ3v) is 3.26. The van der Waals surface area contributed by atoms with Crippen molar-refractivity contribution < 1.29 is 4.74 Å². The van der Waals surface area contributed by atoms with Gasteiger partial charge < -0.3 is 15.4 Å². The highest BCUT2D eigenvalue weighted by molar-refractivity contribution is 5.81. The highest BCUT2D eigenvalue weighted by Gasteiger charge is 2.21. The number of ether oxygens (including phenoxy) is 1. The first-order valence-corrected chi connectivity index (χ1v) is 7.05. The first-order valence-electron chi connectivity index (χ1n) is 7.05. The summed E-state index contributed by atoms with van der Waals surface area (Å²) in [5, 5.41) is 0. The molecule has 0 aromatic heterocycles. The Morgan fingerprint density at radius 1 is 1.42 bits per heavy atom. The monoisotopic (exact) mass is 261 g/mol. The van der Waals surface area contributed by atoms with Crippen molar-refractivity contribution in [2.24, 2.45) is 10.7 Å². The van der Waals surface area contributed by atoms with Crippen LogP contribution in [0, 0.1) is 0 Å². The Morgan fingerprint density at radius 2 is 2.21 bits per heavy atom. The standard InChI is InChI=1S/C15H23N3O/c1-2-11-19-14-9-6-10-18(12-14)15(16)17-13-7-4-3-5-8-13/h3-5,7-8,14H,2,6,9-12H2,1H3,(H2,16,17). The van der Waals surface area contributed by atoms with E-state index in [-0.39, 0.29) is 0 Å². The fraction of sp³-hybridized carbons (Fsp3) is 0.533. The zero-order chi connectivity index (χ0) is 13.5. The maximum Gasteiger partial charge on any atom is 0.196 e. The summed E-state index contributed by atoms with van der Waals surface area (Å²) in [6.45, 7) is 4.77. The van der Waals surface area contributed by atoms with E-state index in [9.17, 15) is 0 Å². The fourth-order valence-corrected chi connectivity index (χ4v) is 2.27. The van der Waals surface area contributed by atoms with E-state index < -0.39 is 0 Å². The Morgan fingerprint density at radius 3 is 2.95 bits per heavy atom. The van der Waals surface area contributed by atoms with Crippen molar-refractivity contribution in [1.29, 1.82) is 0 Å². The Balaban J connectivity index is 1.95. The van der Waals surface area contributed by atoms with Crippen molar-refractivity contribution in [3.63, 3.8) is 0 Å². The fourth-order valence-electron chi connectivity index (χ4n) is 2.27. The lowest BCUT2D eigenvalue weighted by Crippen LogP contribution is -2.46. The van der Waals surface area contributed by atoms with Gasteiger partial charge in [-0.1, -0.05) is 25.1 Å². The molecule has 2 N–H and O–H groups in total. The minimum Gasteiger partial charge on any atom is -0.376 e. The Labute approximate surface area is 115 Å². The minimum absolute atomic E-state index is 0.290. The van der Waals surface area contributed by atoms with Gasteiger partial charge in [0.1, 0.15) is 0 Å². The number of nitrogens with zero attached hydrogens (tertiary/aromatic N) is 2. The second-order valence-corrected chi connectivity index (χ2v) is 4.89. The molecular formula is C15H23N3O. The maximum atomic E-state index is 6.09. The van der Waals surface area contributed by atoms with Crippen LogP contribution in [0.25, 0.3) is 0 Å². The highest BCUT2D eigenvalue weighted by Crippen LogP contribution is 2.15. The molecule has 4 heteroatoms. The van der Waals surface area contributed by atoms with Crippen LogP contribution < -0.4 is 5.73 Å². The van der Waals surface area contributed by atoms with Gasteiger partial charge in [-0.25, -0.2) is 4.99 Å². The molecule has 0 amide bonds. The number of nitrogens with two attached hydrogens (primary N) is 1. The average molecular weight is 261 g/mol. The topological polar surface area (TPSA) is 50.9 Å². The molecule has 0 spiro atoms. The number of hydrogen-bond acceptors (Lipinski definition) is 2. The lowest BCUT2D eigenvalue weighted by atomic mass is 10.1. The molecule has 1 atom stereocenters. The van der Waals surface area contributed by atoms with Crippen molar-refractivity contribution >= 4 is 11.6 Å². The number of piperidine rings is 1. The molecule has 2 rings (SSSR count). The lowest BCUT2D eigenvalue weighted by molar-refractivity contribution is 0.0163. The summed E-state index contributed by atoms with van der Waals surface area (Å²) in [6, 6.07) is 9.83. The van der Waals surface area contributed by atoms with E-state index in [1.165, 1.54) is 0 Å². The van der Waals surface area contributed by atoms with Gasteiger partial charge in [-0.15, -0.1) is 0 Å². The summed E-state index contributed by atoms with van der Waals surface area (Å²) in [7, 11) is 0. The van der Waals surface area contributed by atoms with Crippen molar-refractivity contribution in [3.8, 4) is 0 Å². The molecule has 0 aliphatic carbocycles. The summed E-state index contributed by atoms with van der Waals surface area (Å²) < 4.78 is 5.81. The van der Waals surface area contributed by atoms with Crippen LogP contribution in [-0.4, -0.2) is 36.7 Å². The summed E-state index contributed by atoms with van der Waals surface area (Å²) in [6.07, 6.45) is 3.58. The van der Waals surface area contributed by atoms with Crippen molar-refractivity contribution in [3.05, 3.63) is 30.3 Å². The third kappa shape index (κ3) is 4.24. The molecule has 1 saturated heterocycles. The summed E-state index contributed by atoms with van der Waals surface area (Å²) in [5.41, 5.74) is 6.99. The Hall–Kier alpha value is -1.55. The lowest BCUT2D eigenvalue weighted by Gasteiger charge is -2.33. The molecule has 4 nitrogen and oxygen atoms in total. The van der Waals surface area contributed by atoms with Crippen LogP contribution >= 0.6 is 0 Å². The van der Waals surface area contributed by atoms with Crippen molar-refractivity contribution in [2.45, 2.75) is 32.3 Å². The van der Waals surface area contributed by atoms with Gasteiger partial charge in [-0.3, -0.25) is 0 Å². The molecule has 0 bridgehead atoms. The van der Waals surface area contributed by atoms with Crippen LogP contribution in [0.15, 0.2) is 35.3 Å². The molecule has 1 fully saturated rings. The third-order valence-electron chi connectivity index (χ3n) is 3.26. The van der Waals surface area contributed by atoms with E-state index in [2.05, 4.69) is 16.8 Å². The summed E-state index contributed by atoms with van der Waals surface area (Å²) in [5.74, 6) is 0.594. The molecular weight excluding hydrogens is 238 g/mol. The van der Waals surface area contributed by atoms with E-state index in [1.807, 2.05) is 30.3 Å². The number of guanidine groups is 1. The van der Waals surface area contributed by atoms with Crippen LogP contribution in [-0.2, 0) is 4.74 Å². The number of para-hydroxylation sites is 1. The second-order valence-electron chi connectivity index (χ2n) is 4.89. The van der Waals surface area contributed by atoms with Crippen LogP contribution in [0.4, 0.5) is 5.69 Å². The minimum atomic E-state index is 0.290. The second kappa shape index (κ2) is 7.14. The number of likely N-dealkylation sites (tertiary alicyclic amines) is 1. The van der Waals surface area contributed by atoms with Gasteiger partial charge in [0, 0.05) is 19.7 Å². The van der Waals surface area contributed by atoms with Gasteiger partial charge in [-0.2, -0.15) is 0 Å². The van der Waals surface area contributed by atoms with E-state index in [0.29, 0.717) is 12.1 Å². The smallest absolute Gasteiger partial charge is 0.196 e. The van der Waals surface area contributed by atoms with E-state index >= 15 is 0 Å². The van der Waals surface area contributed by atoms with E-state index in [4.69, 9.17) is 10.5 Å². The van der Waals surface area contributed by atoms with Gasteiger partial charge >= 0.3 is 0 Å². The van der Waals surface area contributed by atoms with Crippen LogP contribution in [0.2, 0.25) is 0 Å². The molecule has 0 saturated carbocycles. The molecule has 1 aromatic rings. The number of hydrogen-bond donors (Lipinski definition) is 1. The van der Waals surface area contributed by atoms with Gasteiger partial charge in [0.05, 0.1) is 11.8 Å². The van der Waals surface area contributed by atoms with Crippen molar-refractivity contribution in [2.75, 3.05) is 19.7 Å². The van der Waals surface area contributed by atoms with E-state index in [0.717, 1.165) is 44.6 Å². The molecule has 1 aromatic carbocycles. The van der Waals surface area contributed by atoms with Gasteiger partial charge in [-0.05, 0) is 31.4 Å². The first-order chi connectivity index (χ1) is 9.29. The Kier molecular flexibility index (Phi) is 5.21. The highest BCUT2D eigenvalue weighted by atomic mass is 16.5. The van der Waals surface area contributed by atoms with Gasteiger partial charge in [0.25, 0.3) is 0 Å². The van der Waals surface area contributed by atoms with Crippen LogP contribution in [0.3, 0.4) is 0 Å². The molecule has 104 valence electrons. The zero-order valence-corrected chi connectivity index (χ0v) is 11.6. The maximum absolute atomic E-state index is 6.09. The summed E-state index contributed by atoms with van der Waals surface area (Å²) in [4.78, 5) is 6.58. The van der Waals surface area contributed by atoms with Crippen LogP contribution in [0.5, 0.6) is 0 Å². The normalized spacial score (nSPS) is 20.6. The number of rotatable bonds is 4. The quantitative estimate of drug-likeness (QED) is 0.669. The first kappa shape index (κ1) is 13.9. The predicted octanol–water partition coefficient (Wildman–Crippen LogP) is 2.52. The van der Waals surface area contributed by atoms with E-state index in [1.54, 1.807) is 0 Å². The molecule has 1 aliphatic rings. The Bertz CT molecular complexity index is 405. The van der Waals surface area contributed by atoms with Crippen LogP contribution in [0.1, 0.15) is 26.2 Å². The largest absolute Gasteiger partial charge is 0.376 e.